The summed E-state index contributed by atoms with van der Waals surface area (Å²) in [4.78, 5) is 22.9. The molecule has 1 unspecified atom stereocenters. The predicted molar refractivity (Wildman–Crippen MR) is 118 cm³/mol. The minimum Gasteiger partial charge on any atom is -0.507 e. The molecule has 0 aliphatic carbocycles. The van der Waals surface area contributed by atoms with Crippen molar-refractivity contribution < 1.29 is 19.4 Å². The van der Waals surface area contributed by atoms with E-state index < -0.39 is 6.10 Å². The summed E-state index contributed by atoms with van der Waals surface area (Å²) in [6, 6.07) is 4.69. The Kier molecular flexibility index (Phi) is 13.9. The van der Waals surface area contributed by atoms with Crippen molar-refractivity contribution in [3.05, 3.63) is 29.3 Å². The van der Waals surface area contributed by atoms with Gasteiger partial charge in [0.15, 0.2) is 6.29 Å². The third-order valence-corrected chi connectivity index (χ3v) is 5.44. The van der Waals surface area contributed by atoms with Gasteiger partial charge in [-0.1, -0.05) is 90.0 Å². The molecule has 0 heterocycles. The number of carbonyl (C=O) groups is 2. The highest BCUT2D eigenvalue weighted by atomic mass is 16.5. The van der Waals surface area contributed by atoms with Gasteiger partial charge in [-0.3, -0.25) is 9.59 Å². The minimum absolute atomic E-state index is 0.0609. The minimum atomic E-state index is -0.427. The quantitative estimate of drug-likeness (QED) is 0.168. The lowest BCUT2D eigenvalue weighted by molar-refractivity contribution is -0.148. The van der Waals surface area contributed by atoms with Crippen LogP contribution in [0.25, 0.3) is 0 Å². The smallest absolute Gasteiger partial charge is 0.306 e. The monoisotopic (exact) mass is 404 g/mol. The first-order chi connectivity index (χ1) is 14.1. The van der Waals surface area contributed by atoms with E-state index in [-0.39, 0.29) is 17.3 Å². The van der Waals surface area contributed by atoms with E-state index in [1.165, 1.54) is 76.7 Å². The number of rotatable bonds is 17. The number of aromatic hydroxyl groups is 1. The lowest BCUT2D eigenvalue weighted by atomic mass is 10.0. The van der Waals surface area contributed by atoms with E-state index in [4.69, 9.17) is 4.74 Å². The highest BCUT2D eigenvalue weighted by Gasteiger charge is 2.13. The van der Waals surface area contributed by atoms with Crippen LogP contribution in [0.5, 0.6) is 5.75 Å². The van der Waals surface area contributed by atoms with E-state index in [1.807, 2.05) is 0 Å². The van der Waals surface area contributed by atoms with Crippen molar-refractivity contribution in [3.63, 3.8) is 0 Å². The van der Waals surface area contributed by atoms with Crippen LogP contribution < -0.4 is 0 Å². The molecule has 0 radical (unpaired) electrons. The maximum atomic E-state index is 12.0. The molecule has 0 fully saturated rings. The second kappa shape index (κ2) is 16.0. The zero-order chi connectivity index (χ0) is 21.3. The normalized spacial score (nSPS) is 11.9. The van der Waals surface area contributed by atoms with Crippen LogP contribution in [-0.4, -0.2) is 17.4 Å². The molecule has 0 aromatic heterocycles. The Hall–Kier alpha value is -1.84. The van der Waals surface area contributed by atoms with Gasteiger partial charge in [-0.15, -0.1) is 0 Å². The molecule has 1 atom stereocenters. The fourth-order valence-electron chi connectivity index (χ4n) is 3.53. The first-order valence-corrected chi connectivity index (χ1v) is 11.6. The molecular formula is C25H40O4. The number of aldehydes is 1. The Morgan fingerprint density at radius 2 is 1.45 bits per heavy atom. The highest BCUT2D eigenvalue weighted by molar-refractivity contribution is 5.79. The van der Waals surface area contributed by atoms with E-state index in [1.54, 1.807) is 19.1 Å². The summed E-state index contributed by atoms with van der Waals surface area (Å²) in [6.07, 6.45) is 17.2. The predicted octanol–water partition coefficient (Wildman–Crippen LogP) is 7.29. The maximum Gasteiger partial charge on any atom is 0.306 e. The summed E-state index contributed by atoms with van der Waals surface area (Å²) in [5.74, 6) is -0.268. The fourth-order valence-corrected chi connectivity index (χ4v) is 3.53. The van der Waals surface area contributed by atoms with Gasteiger partial charge in [0.2, 0.25) is 0 Å². The molecule has 1 N–H and O–H groups in total. The molecule has 29 heavy (non-hydrogen) atoms. The van der Waals surface area contributed by atoms with Crippen LogP contribution >= 0.6 is 0 Å². The third-order valence-electron chi connectivity index (χ3n) is 5.44. The van der Waals surface area contributed by atoms with E-state index in [9.17, 15) is 14.7 Å². The van der Waals surface area contributed by atoms with E-state index in [0.717, 1.165) is 12.8 Å². The number of hydrogen-bond acceptors (Lipinski definition) is 4. The Labute approximate surface area is 177 Å². The van der Waals surface area contributed by atoms with Gasteiger partial charge < -0.3 is 9.84 Å². The Morgan fingerprint density at radius 1 is 0.931 bits per heavy atom. The Balaban J connectivity index is 2.02. The number of carbonyl (C=O) groups excluding carboxylic acids is 2. The van der Waals surface area contributed by atoms with Gasteiger partial charge in [-0.05, 0) is 31.0 Å². The van der Waals surface area contributed by atoms with Gasteiger partial charge in [0.25, 0.3) is 0 Å². The van der Waals surface area contributed by atoms with Gasteiger partial charge in [-0.25, -0.2) is 0 Å². The fraction of sp³-hybridized carbons (Fsp3) is 0.680. The maximum absolute atomic E-state index is 12.0. The van der Waals surface area contributed by atoms with Gasteiger partial charge in [0, 0.05) is 6.42 Å². The van der Waals surface area contributed by atoms with Crippen LogP contribution in [0.15, 0.2) is 18.2 Å². The lowest BCUT2D eigenvalue weighted by Gasteiger charge is -2.14. The van der Waals surface area contributed by atoms with Gasteiger partial charge >= 0.3 is 5.97 Å². The molecule has 0 saturated carbocycles. The van der Waals surface area contributed by atoms with Crippen molar-refractivity contribution in [2.45, 2.75) is 110 Å². The second-order valence-corrected chi connectivity index (χ2v) is 8.06. The van der Waals surface area contributed by atoms with Gasteiger partial charge in [0.1, 0.15) is 11.9 Å². The number of phenolic OH excluding ortho intramolecular Hbond substituents is 1. The Bertz CT molecular complexity index is 582. The zero-order valence-corrected chi connectivity index (χ0v) is 18.5. The van der Waals surface area contributed by atoms with Crippen molar-refractivity contribution in [2.24, 2.45) is 0 Å². The molecule has 1 rings (SSSR count). The molecule has 164 valence electrons. The number of phenols is 1. The SMILES string of the molecule is CCCCCCCCCCCCCCCC(=O)OC(C)c1ccc(O)c(C=O)c1. The summed E-state index contributed by atoms with van der Waals surface area (Å²) < 4.78 is 5.45. The van der Waals surface area contributed by atoms with Crippen LogP contribution in [0.3, 0.4) is 0 Å². The summed E-state index contributed by atoms with van der Waals surface area (Å²) >= 11 is 0. The molecule has 0 bridgehead atoms. The summed E-state index contributed by atoms with van der Waals surface area (Å²) in [5.41, 5.74) is 0.922. The number of benzene rings is 1. The van der Waals surface area contributed by atoms with Crippen molar-refractivity contribution in [1.82, 2.24) is 0 Å². The first-order valence-electron chi connectivity index (χ1n) is 11.6. The number of hydrogen-bond donors (Lipinski definition) is 1. The van der Waals surface area contributed by atoms with Crippen LogP contribution in [0.2, 0.25) is 0 Å². The number of esters is 1. The molecule has 0 aliphatic heterocycles. The molecule has 0 spiro atoms. The standard InChI is InChI=1S/C25H40O4/c1-3-4-5-6-7-8-9-10-11-12-13-14-15-16-25(28)29-21(2)22-17-18-24(27)23(19-22)20-26/h17-21,27H,3-16H2,1-2H3. The van der Waals surface area contributed by atoms with Crippen molar-refractivity contribution in [1.29, 1.82) is 0 Å². The average molecular weight is 405 g/mol. The Morgan fingerprint density at radius 3 is 1.97 bits per heavy atom. The molecule has 0 aliphatic rings. The van der Waals surface area contributed by atoms with E-state index >= 15 is 0 Å². The molecule has 1 aromatic rings. The van der Waals surface area contributed by atoms with Crippen molar-refractivity contribution in [2.75, 3.05) is 0 Å². The lowest BCUT2D eigenvalue weighted by Crippen LogP contribution is -2.09. The number of unbranched alkanes of at least 4 members (excludes halogenated alkanes) is 12. The number of ether oxygens (including phenoxy) is 1. The highest BCUT2D eigenvalue weighted by Crippen LogP contribution is 2.23. The molecule has 1 aromatic carbocycles. The van der Waals surface area contributed by atoms with Gasteiger partial charge in [0.05, 0.1) is 5.56 Å². The summed E-state index contributed by atoms with van der Waals surface area (Å²) in [7, 11) is 0. The largest absolute Gasteiger partial charge is 0.507 e. The molecule has 0 saturated heterocycles. The van der Waals surface area contributed by atoms with Crippen LogP contribution in [0.1, 0.15) is 126 Å². The van der Waals surface area contributed by atoms with Crippen LogP contribution in [-0.2, 0) is 9.53 Å². The van der Waals surface area contributed by atoms with Gasteiger partial charge in [-0.2, -0.15) is 0 Å². The molecule has 4 nitrogen and oxygen atoms in total. The van der Waals surface area contributed by atoms with Crippen molar-refractivity contribution in [3.8, 4) is 5.75 Å². The molecule has 4 heteroatoms. The topological polar surface area (TPSA) is 63.6 Å². The molecular weight excluding hydrogens is 364 g/mol. The van der Waals surface area contributed by atoms with Crippen LogP contribution in [0, 0.1) is 0 Å². The summed E-state index contributed by atoms with van der Waals surface area (Å²) in [6.45, 7) is 4.04. The zero-order valence-electron chi connectivity index (χ0n) is 18.5. The van der Waals surface area contributed by atoms with Crippen LogP contribution in [0.4, 0.5) is 0 Å². The van der Waals surface area contributed by atoms with E-state index in [2.05, 4.69) is 6.92 Å². The molecule has 0 amide bonds. The van der Waals surface area contributed by atoms with E-state index in [0.29, 0.717) is 18.3 Å². The second-order valence-electron chi connectivity index (χ2n) is 8.06. The third kappa shape index (κ3) is 11.7. The average Bonchev–Trinajstić information content (AvgIpc) is 2.71. The first kappa shape index (κ1) is 25.2. The summed E-state index contributed by atoms with van der Waals surface area (Å²) in [5, 5.41) is 9.55. The van der Waals surface area contributed by atoms with Crippen molar-refractivity contribution >= 4 is 12.3 Å².